The molecule has 1 aliphatic carbocycles. The number of benzene rings is 2. The number of aliphatic carboxylic acids is 1. The van der Waals surface area contributed by atoms with E-state index in [0.29, 0.717) is 6.42 Å². The van der Waals surface area contributed by atoms with Crippen LogP contribution < -0.4 is 10.6 Å². The third-order valence-corrected chi connectivity index (χ3v) is 5.90. The summed E-state index contributed by atoms with van der Waals surface area (Å²) in [6.07, 6.45) is -1.71. The molecule has 0 spiro atoms. The van der Waals surface area contributed by atoms with E-state index in [-0.39, 0.29) is 36.8 Å². The predicted octanol–water partition coefficient (Wildman–Crippen LogP) is 3.67. The number of aliphatic hydroxyl groups excluding tert-OH is 1. The number of aliphatic hydroxyl groups is 1. The molecule has 8 heteroatoms. The van der Waals surface area contributed by atoms with Crippen LogP contribution in [0.4, 0.5) is 4.79 Å². The van der Waals surface area contributed by atoms with E-state index in [1.54, 1.807) is 0 Å². The normalized spacial score (nSPS) is 14.4. The SMILES string of the molecule is CC(C)(C)CC(CC(=O)NCC(O)CC(=O)O)NC(=O)OCC1c2ccccc2-c2ccccc21. The molecule has 0 saturated heterocycles. The second-order valence-electron chi connectivity index (χ2n) is 10.2. The molecule has 3 rings (SSSR count). The minimum atomic E-state index is -1.17. The van der Waals surface area contributed by atoms with Crippen molar-refractivity contribution in [3.05, 3.63) is 59.7 Å². The molecule has 0 fully saturated rings. The van der Waals surface area contributed by atoms with Crippen LogP contribution in [0.5, 0.6) is 0 Å². The Morgan fingerprint density at radius 2 is 1.54 bits per heavy atom. The topological polar surface area (TPSA) is 125 Å². The zero-order chi connectivity index (χ0) is 25.6. The number of amides is 2. The summed E-state index contributed by atoms with van der Waals surface area (Å²) in [6, 6.07) is 15.7. The summed E-state index contributed by atoms with van der Waals surface area (Å²) in [5, 5.41) is 23.7. The molecular weight excluding hydrogens is 448 g/mol. The molecule has 0 radical (unpaired) electrons. The zero-order valence-electron chi connectivity index (χ0n) is 20.4. The maximum Gasteiger partial charge on any atom is 0.407 e. The lowest BCUT2D eigenvalue weighted by Crippen LogP contribution is -2.43. The Balaban J connectivity index is 1.59. The molecule has 0 heterocycles. The smallest absolute Gasteiger partial charge is 0.407 e. The number of carbonyl (C=O) groups excluding carboxylic acids is 2. The number of alkyl carbamates (subject to hydrolysis) is 1. The summed E-state index contributed by atoms with van der Waals surface area (Å²) in [5.41, 5.74) is 4.36. The van der Waals surface area contributed by atoms with E-state index in [1.165, 1.54) is 0 Å². The van der Waals surface area contributed by atoms with E-state index in [2.05, 4.69) is 22.8 Å². The number of hydrogen-bond donors (Lipinski definition) is 4. The van der Waals surface area contributed by atoms with Crippen LogP contribution in [0.25, 0.3) is 11.1 Å². The standard InChI is InChI=1S/C27H34N2O6/c1-27(2,3)14-17(12-24(31)28-15-18(30)13-25(32)33)29-26(34)35-16-23-21-10-6-4-8-19(21)20-9-5-7-11-22(20)23/h4-11,17-18,23,30H,12-16H2,1-3H3,(H,28,31)(H,29,34)(H,32,33). The summed E-state index contributed by atoms with van der Waals surface area (Å²) >= 11 is 0. The first-order valence-electron chi connectivity index (χ1n) is 11.8. The monoisotopic (exact) mass is 482 g/mol. The fourth-order valence-electron chi connectivity index (χ4n) is 4.52. The van der Waals surface area contributed by atoms with E-state index in [1.807, 2.05) is 57.2 Å². The Hall–Kier alpha value is -3.39. The Morgan fingerprint density at radius 3 is 2.09 bits per heavy atom. The molecule has 4 N–H and O–H groups in total. The lowest BCUT2D eigenvalue weighted by Gasteiger charge is -2.26. The molecule has 8 nitrogen and oxygen atoms in total. The summed E-state index contributed by atoms with van der Waals surface area (Å²) in [5.74, 6) is -1.59. The molecule has 35 heavy (non-hydrogen) atoms. The molecule has 0 bridgehead atoms. The van der Waals surface area contributed by atoms with E-state index >= 15 is 0 Å². The van der Waals surface area contributed by atoms with E-state index in [4.69, 9.17) is 9.84 Å². The van der Waals surface area contributed by atoms with Crippen molar-refractivity contribution in [2.24, 2.45) is 5.41 Å². The van der Waals surface area contributed by atoms with E-state index in [9.17, 15) is 19.5 Å². The number of nitrogens with one attached hydrogen (secondary N) is 2. The van der Waals surface area contributed by atoms with Crippen molar-refractivity contribution < 1.29 is 29.3 Å². The quantitative estimate of drug-likeness (QED) is 0.410. The van der Waals surface area contributed by atoms with Gasteiger partial charge in [-0.05, 0) is 34.1 Å². The van der Waals surface area contributed by atoms with E-state index < -0.39 is 30.6 Å². The molecule has 1 aliphatic rings. The number of carbonyl (C=O) groups is 3. The van der Waals surface area contributed by atoms with Crippen LogP contribution in [-0.4, -0.2) is 53.5 Å². The van der Waals surface area contributed by atoms with Crippen LogP contribution in [0.1, 0.15) is 57.1 Å². The number of fused-ring (bicyclic) bond motifs is 3. The predicted molar refractivity (Wildman–Crippen MR) is 132 cm³/mol. The van der Waals surface area contributed by atoms with Gasteiger partial charge in [-0.25, -0.2) is 4.79 Å². The van der Waals surface area contributed by atoms with E-state index in [0.717, 1.165) is 22.3 Å². The van der Waals surface area contributed by atoms with Gasteiger partial charge in [-0.2, -0.15) is 0 Å². The fourth-order valence-corrected chi connectivity index (χ4v) is 4.52. The van der Waals surface area contributed by atoms with Crippen molar-refractivity contribution in [1.82, 2.24) is 10.6 Å². The molecular formula is C27H34N2O6. The van der Waals surface area contributed by atoms with Gasteiger partial charge in [0.25, 0.3) is 0 Å². The maximum absolute atomic E-state index is 12.7. The minimum absolute atomic E-state index is 0.0126. The number of carboxylic acids is 1. The summed E-state index contributed by atoms with van der Waals surface area (Å²) in [4.78, 5) is 35.8. The van der Waals surface area contributed by atoms with Gasteiger partial charge in [0, 0.05) is 24.9 Å². The summed E-state index contributed by atoms with van der Waals surface area (Å²) in [7, 11) is 0. The zero-order valence-corrected chi connectivity index (χ0v) is 20.4. The second kappa shape index (κ2) is 11.4. The number of rotatable bonds is 10. The van der Waals surface area contributed by atoms with Crippen molar-refractivity contribution in [3.8, 4) is 11.1 Å². The lowest BCUT2D eigenvalue weighted by atomic mass is 9.87. The number of ether oxygens (including phenoxy) is 1. The third kappa shape index (κ3) is 7.55. The first-order chi connectivity index (χ1) is 16.5. The van der Waals surface area contributed by atoms with Crippen LogP contribution in [0, 0.1) is 5.41 Å². The molecule has 2 unspecified atom stereocenters. The average molecular weight is 483 g/mol. The van der Waals surface area contributed by atoms with Crippen LogP contribution >= 0.6 is 0 Å². The van der Waals surface area contributed by atoms with Crippen LogP contribution in [0.2, 0.25) is 0 Å². The summed E-state index contributed by atoms with van der Waals surface area (Å²) in [6.45, 7) is 6.03. The second-order valence-corrected chi connectivity index (χ2v) is 10.2. The average Bonchev–Trinajstić information content (AvgIpc) is 3.08. The molecule has 2 aromatic rings. The Labute approximate surface area is 205 Å². The Morgan fingerprint density at radius 1 is 0.971 bits per heavy atom. The lowest BCUT2D eigenvalue weighted by molar-refractivity contribution is -0.139. The van der Waals surface area contributed by atoms with Crippen LogP contribution in [-0.2, 0) is 14.3 Å². The molecule has 0 aliphatic heterocycles. The molecule has 2 amide bonds. The molecule has 2 atom stereocenters. The van der Waals surface area contributed by atoms with Gasteiger partial charge in [0.2, 0.25) is 5.91 Å². The van der Waals surface area contributed by atoms with Crippen molar-refractivity contribution in [3.63, 3.8) is 0 Å². The van der Waals surface area contributed by atoms with Crippen LogP contribution in [0.15, 0.2) is 48.5 Å². The Bertz CT molecular complexity index is 1020. The number of carboxylic acid groups (broad SMARTS) is 1. The first kappa shape index (κ1) is 26.2. The van der Waals surface area contributed by atoms with Gasteiger partial charge in [-0.3, -0.25) is 9.59 Å². The van der Waals surface area contributed by atoms with Crippen LogP contribution in [0.3, 0.4) is 0 Å². The van der Waals surface area contributed by atoms with Gasteiger partial charge >= 0.3 is 12.1 Å². The highest BCUT2D eigenvalue weighted by Gasteiger charge is 2.30. The third-order valence-electron chi connectivity index (χ3n) is 5.90. The van der Waals surface area contributed by atoms with Crippen molar-refractivity contribution in [2.45, 2.75) is 58.1 Å². The van der Waals surface area contributed by atoms with Crippen molar-refractivity contribution in [2.75, 3.05) is 13.2 Å². The highest BCUT2D eigenvalue weighted by molar-refractivity contribution is 5.79. The fraction of sp³-hybridized carbons (Fsp3) is 0.444. The first-order valence-corrected chi connectivity index (χ1v) is 11.8. The maximum atomic E-state index is 12.7. The highest BCUT2D eigenvalue weighted by Crippen LogP contribution is 2.44. The molecule has 0 saturated carbocycles. The molecule has 2 aromatic carbocycles. The minimum Gasteiger partial charge on any atom is -0.481 e. The van der Waals surface area contributed by atoms with Gasteiger partial charge in [0.15, 0.2) is 0 Å². The van der Waals surface area contributed by atoms with Crippen molar-refractivity contribution >= 4 is 18.0 Å². The largest absolute Gasteiger partial charge is 0.481 e. The van der Waals surface area contributed by atoms with Gasteiger partial charge in [0.1, 0.15) is 6.61 Å². The van der Waals surface area contributed by atoms with Gasteiger partial charge in [-0.1, -0.05) is 69.3 Å². The molecule has 188 valence electrons. The van der Waals surface area contributed by atoms with Gasteiger partial charge in [-0.15, -0.1) is 0 Å². The Kier molecular flexibility index (Phi) is 8.51. The highest BCUT2D eigenvalue weighted by atomic mass is 16.5. The van der Waals surface area contributed by atoms with Crippen molar-refractivity contribution in [1.29, 1.82) is 0 Å². The molecule has 0 aromatic heterocycles. The van der Waals surface area contributed by atoms with Gasteiger partial charge in [0.05, 0.1) is 12.5 Å². The number of hydrogen-bond acceptors (Lipinski definition) is 5. The van der Waals surface area contributed by atoms with Gasteiger partial charge < -0.3 is 25.6 Å². The summed E-state index contributed by atoms with van der Waals surface area (Å²) < 4.78 is 5.62.